The Kier molecular flexibility index (Phi) is 3.73. The Bertz CT molecular complexity index is 337. The maximum atomic E-state index is 5.90. The highest BCUT2D eigenvalue weighted by molar-refractivity contribution is 6.42. The highest BCUT2D eigenvalue weighted by Gasteiger charge is 2.15. The maximum Gasteiger partial charge on any atom is 0.121 e. The second-order valence-corrected chi connectivity index (χ2v) is 4.38. The second-order valence-electron chi connectivity index (χ2n) is 3.56. The zero-order valence-electron chi connectivity index (χ0n) is 8.25. The fourth-order valence-electron chi connectivity index (χ4n) is 1.59. The molecule has 81 valence electrons. The topological polar surface area (TPSA) is 23.3 Å². The van der Waals surface area contributed by atoms with E-state index in [-0.39, 0.29) is 6.10 Å². The van der Waals surface area contributed by atoms with Crippen LogP contribution in [0.25, 0.3) is 0 Å². The Morgan fingerprint density at radius 3 is 2.53 bits per heavy atom. The molecular formula is C11H12Cl2NO. The summed E-state index contributed by atoms with van der Waals surface area (Å²) >= 11 is 11.7. The molecule has 0 aromatic heterocycles. The van der Waals surface area contributed by atoms with Crippen molar-refractivity contribution in [2.75, 3.05) is 13.1 Å². The monoisotopic (exact) mass is 244 g/mol. The molecule has 1 aliphatic rings. The molecule has 4 heteroatoms. The van der Waals surface area contributed by atoms with Gasteiger partial charge in [-0.2, -0.15) is 0 Å². The molecule has 2 nitrogen and oxygen atoms in total. The van der Waals surface area contributed by atoms with Gasteiger partial charge in [-0.15, -0.1) is 0 Å². The summed E-state index contributed by atoms with van der Waals surface area (Å²) in [5.41, 5.74) is 0. The van der Waals surface area contributed by atoms with E-state index in [2.05, 4.69) is 5.32 Å². The lowest BCUT2D eigenvalue weighted by Gasteiger charge is -2.23. The third-order valence-corrected chi connectivity index (χ3v) is 3.15. The number of hydrogen-bond acceptors (Lipinski definition) is 1. The predicted octanol–water partition coefficient (Wildman–Crippen LogP) is 3.14. The molecule has 1 aromatic rings. The predicted molar refractivity (Wildman–Crippen MR) is 62.0 cm³/mol. The second kappa shape index (κ2) is 5.06. The van der Waals surface area contributed by atoms with Gasteiger partial charge in [0.25, 0.3) is 0 Å². The van der Waals surface area contributed by atoms with Gasteiger partial charge in [0.15, 0.2) is 0 Å². The minimum absolute atomic E-state index is 0.264. The summed E-state index contributed by atoms with van der Waals surface area (Å²) in [6.07, 6.45) is 2.24. The smallest absolute Gasteiger partial charge is 0.121 e. The summed E-state index contributed by atoms with van der Waals surface area (Å²) in [4.78, 5) is 0. The van der Waals surface area contributed by atoms with Crippen LogP contribution in [-0.4, -0.2) is 19.2 Å². The van der Waals surface area contributed by atoms with E-state index in [1.54, 1.807) is 12.1 Å². The van der Waals surface area contributed by atoms with Gasteiger partial charge in [0.2, 0.25) is 0 Å². The number of halogens is 2. The Morgan fingerprint density at radius 1 is 1.13 bits per heavy atom. The highest BCUT2D eigenvalue weighted by atomic mass is 35.5. The molecule has 0 N–H and O–H groups in total. The van der Waals surface area contributed by atoms with Crippen LogP contribution in [0.15, 0.2) is 18.2 Å². The molecule has 2 rings (SSSR count). The lowest BCUT2D eigenvalue weighted by molar-refractivity contribution is 0.161. The highest BCUT2D eigenvalue weighted by Crippen LogP contribution is 2.27. The molecule has 1 radical (unpaired) electrons. The molecule has 0 spiro atoms. The van der Waals surface area contributed by atoms with Gasteiger partial charge in [0, 0.05) is 19.2 Å². The summed E-state index contributed by atoms with van der Waals surface area (Å²) in [6.45, 7) is 1.79. The molecule has 0 aliphatic carbocycles. The average Bonchev–Trinajstić information content (AvgIpc) is 2.25. The van der Waals surface area contributed by atoms with Crippen LogP contribution in [0.2, 0.25) is 10.0 Å². The lowest BCUT2D eigenvalue weighted by Crippen LogP contribution is -2.30. The van der Waals surface area contributed by atoms with Crippen molar-refractivity contribution in [3.8, 4) is 5.75 Å². The summed E-state index contributed by atoms with van der Waals surface area (Å²) < 4.78 is 5.79. The van der Waals surface area contributed by atoms with Gasteiger partial charge in [-0.25, -0.2) is 5.32 Å². The third-order valence-electron chi connectivity index (χ3n) is 2.41. The summed E-state index contributed by atoms with van der Waals surface area (Å²) in [5, 5.41) is 5.37. The van der Waals surface area contributed by atoms with Crippen molar-refractivity contribution in [3.63, 3.8) is 0 Å². The number of nitrogens with zero attached hydrogens (tertiary/aromatic N) is 1. The molecule has 15 heavy (non-hydrogen) atoms. The molecule has 0 amide bonds. The summed E-state index contributed by atoms with van der Waals surface area (Å²) in [6, 6.07) is 5.36. The van der Waals surface area contributed by atoms with Crippen LogP contribution < -0.4 is 10.1 Å². The van der Waals surface area contributed by atoms with Crippen molar-refractivity contribution < 1.29 is 4.74 Å². The van der Waals surface area contributed by atoms with Crippen molar-refractivity contribution in [2.45, 2.75) is 18.9 Å². The first-order valence-electron chi connectivity index (χ1n) is 5.00. The number of hydrogen-bond donors (Lipinski definition) is 0. The first-order chi connectivity index (χ1) is 7.25. The third kappa shape index (κ3) is 3.00. The first-order valence-corrected chi connectivity index (χ1v) is 5.76. The molecule has 1 aliphatic heterocycles. The maximum absolute atomic E-state index is 5.90. The average molecular weight is 245 g/mol. The molecule has 0 saturated carbocycles. The van der Waals surface area contributed by atoms with E-state index >= 15 is 0 Å². The molecule has 1 fully saturated rings. The van der Waals surface area contributed by atoms with Crippen LogP contribution in [0, 0.1) is 0 Å². The van der Waals surface area contributed by atoms with Crippen LogP contribution in [0.5, 0.6) is 5.75 Å². The lowest BCUT2D eigenvalue weighted by atomic mass is 10.1. The van der Waals surface area contributed by atoms with Gasteiger partial charge < -0.3 is 4.74 Å². The van der Waals surface area contributed by atoms with E-state index in [4.69, 9.17) is 27.9 Å². The van der Waals surface area contributed by atoms with Crippen LogP contribution in [0.3, 0.4) is 0 Å². The van der Waals surface area contributed by atoms with E-state index in [1.807, 2.05) is 6.07 Å². The zero-order chi connectivity index (χ0) is 10.7. The molecule has 0 atom stereocenters. The molecule has 0 unspecified atom stereocenters. The Hall–Kier alpha value is -0.440. The molecule has 0 bridgehead atoms. The fourth-order valence-corrected chi connectivity index (χ4v) is 1.88. The largest absolute Gasteiger partial charge is 0.490 e. The van der Waals surface area contributed by atoms with E-state index in [9.17, 15) is 0 Å². The standard InChI is InChI=1S/C11H12Cl2NO/c12-10-2-1-9(7-11(10)13)15-8-3-5-14-6-4-8/h1-2,7-8H,3-6H2. The number of rotatable bonds is 2. The molecule has 1 aromatic carbocycles. The minimum Gasteiger partial charge on any atom is -0.490 e. The van der Waals surface area contributed by atoms with Gasteiger partial charge >= 0.3 is 0 Å². The fraction of sp³-hybridized carbons (Fsp3) is 0.455. The quantitative estimate of drug-likeness (QED) is 0.785. The Morgan fingerprint density at radius 2 is 1.87 bits per heavy atom. The molecule has 1 heterocycles. The van der Waals surface area contributed by atoms with Crippen LogP contribution in [-0.2, 0) is 0 Å². The Balaban J connectivity index is 2.00. The molecule has 1 saturated heterocycles. The van der Waals surface area contributed by atoms with Gasteiger partial charge in [0.05, 0.1) is 10.0 Å². The van der Waals surface area contributed by atoms with Gasteiger partial charge in [0.1, 0.15) is 11.9 Å². The normalized spacial score (nSPS) is 17.7. The van der Waals surface area contributed by atoms with Gasteiger partial charge in [-0.3, -0.25) is 0 Å². The first kappa shape index (κ1) is 11.1. The van der Waals surface area contributed by atoms with Crippen molar-refractivity contribution >= 4 is 23.2 Å². The van der Waals surface area contributed by atoms with E-state index in [0.29, 0.717) is 10.0 Å². The van der Waals surface area contributed by atoms with E-state index < -0.39 is 0 Å². The Labute approximate surface area is 99.5 Å². The molecular weight excluding hydrogens is 233 g/mol. The van der Waals surface area contributed by atoms with Gasteiger partial charge in [-0.05, 0) is 25.0 Å². The number of piperidine rings is 1. The van der Waals surface area contributed by atoms with Crippen molar-refractivity contribution in [1.82, 2.24) is 5.32 Å². The zero-order valence-corrected chi connectivity index (χ0v) is 9.76. The van der Waals surface area contributed by atoms with Crippen molar-refractivity contribution in [3.05, 3.63) is 28.2 Å². The summed E-state index contributed by atoms with van der Waals surface area (Å²) in [7, 11) is 0. The SMILES string of the molecule is Clc1ccc(OC2CC[N]CC2)cc1Cl. The van der Waals surface area contributed by atoms with Crippen molar-refractivity contribution in [1.29, 1.82) is 0 Å². The van der Waals surface area contributed by atoms with Gasteiger partial charge in [-0.1, -0.05) is 23.2 Å². The number of ether oxygens (including phenoxy) is 1. The minimum atomic E-state index is 0.264. The number of benzene rings is 1. The van der Waals surface area contributed by atoms with E-state index in [1.165, 1.54) is 0 Å². The summed E-state index contributed by atoms with van der Waals surface area (Å²) in [5.74, 6) is 0.788. The van der Waals surface area contributed by atoms with Crippen LogP contribution >= 0.6 is 23.2 Å². The van der Waals surface area contributed by atoms with E-state index in [0.717, 1.165) is 31.7 Å². The van der Waals surface area contributed by atoms with Crippen LogP contribution in [0.1, 0.15) is 12.8 Å². The van der Waals surface area contributed by atoms with Crippen molar-refractivity contribution in [2.24, 2.45) is 0 Å². The van der Waals surface area contributed by atoms with Crippen LogP contribution in [0.4, 0.5) is 0 Å².